The Morgan fingerprint density at radius 2 is 2.33 bits per heavy atom. The van der Waals surface area contributed by atoms with Gasteiger partial charge in [-0.1, -0.05) is 0 Å². The zero-order chi connectivity index (χ0) is 10.7. The standard InChI is InChI=1S/C8H8ClN5S/c1-5-10-2-6(15-5)3-11-7-4-12-14-8(9)13-7/h2,4H,3H2,1H3,(H,11,13,14). The molecule has 15 heavy (non-hydrogen) atoms. The third kappa shape index (κ3) is 2.84. The predicted molar refractivity (Wildman–Crippen MR) is 59.0 cm³/mol. The molecule has 0 unspecified atom stereocenters. The molecule has 0 atom stereocenters. The fourth-order valence-electron chi connectivity index (χ4n) is 1.03. The zero-order valence-corrected chi connectivity index (χ0v) is 9.51. The molecule has 0 aliphatic carbocycles. The van der Waals surface area contributed by atoms with Gasteiger partial charge in [0.15, 0.2) is 0 Å². The molecule has 0 saturated carbocycles. The van der Waals surface area contributed by atoms with Crippen molar-refractivity contribution in [2.75, 3.05) is 5.32 Å². The smallest absolute Gasteiger partial charge is 0.244 e. The molecule has 5 nitrogen and oxygen atoms in total. The number of nitrogens with one attached hydrogen (secondary N) is 1. The number of anilines is 1. The van der Waals surface area contributed by atoms with Gasteiger partial charge in [0.1, 0.15) is 5.82 Å². The van der Waals surface area contributed by atoms with E-state index in [4.69, 9.17) is 11.6 Å². The van der Waals surface area contributed by atoms with Crippen LogP contribution >= 0.6 is 22.9 Å². The fraction of sp³-hybridized carbons (Fsp3) is 0.250. The highest BCUT2D eigenvalue weighted by Gasteiger charge is 2.00. The van der Waals surface area contributed by atoms with Crippen molar-refractivity contribution < 1.29 is 0 Å². The minimum Gasteiger partial charge on any atom is -0.364 e. The van der Waals surface area contributed by atoms with E-state index in [1.165, 1.54) is 6.20 Å². The maximum atomic E-state index is 5.60. The molecule has 2 aromatic heterocycles. The summed E-state index contributed by atoms with van der Waals surface area (Å²) < 4.78 is 0. The minimum absolute atomic E-state index is 0.139. The summed E-state index contributed by atoms with van der Waals surface area (Å²) in [4.78, 5) is 9.25. The lowest BCUT2D eigenvalue weighted by Gasteiger charge is -2.01. The average molecular weight is 242 g/mol. The third-order valence-electron chi connectivity index (χ3n) is 1.65. The Balaban J connectivity index is 1.99. The van der Waals surface area contributed by atoms with Crippen LogP contribution in [0.3, 0.4) is 0 Å². The summed E-state index contributed by atoms with van der Waals surface area (Å²) in [5, 5.41) is 11.5. The Kier molecular flexibility index (Phi) is 3.08. The topological polar surface area (TPSA) is 63.6 Å². The summed E-state index contributed by atoms with van der Waals surface area (Å²) in [5.74, 6) is 0.612. The lowest BCUT2D eigenvalue weighted by Crippen LogP contribution is -2.01. The maximum Gasteiger partial charge on any atom is 0.244 e. The lowest BCUT2D eigenvalue weighted by molar-refractivity contribution is 0.960. The molecule has 0 aromatic carbocycles. The van der Waals surface area contributed by atoms with Gasteiger partial charge in [0, 0.05) is 11.1 Å². The van der Waals surface area contributed by atoms with Gasteiger partial charge in [-0.25, -0.2) is 4.98 Å². The average Bonchev–Trinajstić information content (AvgIpc) is 2.62. The van der Waals surface area contributed by atoms with Gasteiger partial charge in [-0.3, -0.25) is 0 Å². The first-order chi connectivity index (χ1) is 7.24. The van der Waals surface area contributed by atoms with Crippen molar-refractivity contribution in [3.63, 3.8) is 0 Å². The van der Waals surface area contributed by atoms with E-state index in [1.807, 2.05) is 13.1 Å². The Hall–Kier alpha value is -1.27. The van der Waals surface area contributed by atoms with E-state index < -0.39 is 0 Å². The normalized spacial score (nSPS) is 10.3. The van der Waals surface area contributed by atoms with Gasteiger partial charge < -0.3 is 5.32 Å². The highest BCUT2D eigenvalue weighted by Crippen LogP contribution is 2.13. The molecule has 0 spiro atoms. The molecule has 0 radical (unpaired) electrons. The number of nitrogens with zero attached hydrogens (tertiary/aromatic N) is 4. The number of aromatic nitrogens is 4. The van der Waals surface area contributed by atoms with Crippen LogP contribution in [0.5, 0.6) is 0 Å². The molecule has 78 valence electrons. The summed E-state index contributed by atoms with van der Waals surface area (Å²) in [6.45, 7) is 2.64. The minimum atomic E-state index is 0.139. The van der Waals surface area contributed by atoms with Crippen LogP contribution in [0.1, 0.15) is 9.88 Å². The zero-order valence-electron chi connectivity index (χ0n) is 7.94. The Bertz CT molecular complexity index is 458. The van der Waals surface area contributed by atoms with Gasteiger partial charge in [-0.15, -0.1) is 16.4 Å². The van der Waals surface area contributed by atoms with Gasteiger partial charge in [-0.2, -0.15) is 10.1 Å². The first kappa shape index (κ1) is 10.3. The number of aryl methyl sites for hydroxylation is 1. The maximum absolute atomic E-state index is 5.60. The molecule has 0 bridgehead atoms. The summed E-state index contributed by atoms with van der Waals surface area (Å²) in [6.07, 6.45) is 3.36. The SMILES string of the molecule is Cc1ncc(CNc2cnnc(Cl)n2)s1. The summed E-state index contributed by atoms with van der Waals surface area (Å²) in [5.41, 5.74) is 0. The van der Waals surface area contributed by atoms with Crippen molar-refractivity contribution in [1.82, 2.24) is 20.2 Å². The molecule has 0 saturated heterocycles. The number of thiazole rings is 1. The third-order valence-corrected chi connectivity index (χ3v) is 2.72. The molecule has 7 heteroatoms. The van der Waals surface area contributed by atoms with Crippen molar-refractivity contribution in [2.24, 2.45) is 0 Å². The Morgan fingerprint density at radius 3 is 3.00 bits per heavy atom. The van der Waals surface area contributed by atoms with Crippen LogP contribution in [0.25, 0.3) is 0 Å². The predicted octanol–water partition coefficient (Wildman–Crippen LogP) is 1.90. The van der Waals surface area contributed by atoms with Crippen LogP contribution in [-0.2, 0) is 6.54 Å². The van der Waals surface area contributed by atoms with Crippen LogP contribution in [-0.4, -0.2) is 20.2 Å². The van der Waals surface area contributed by atoms with Gasteiger partial charge in [0.2, 0.25) is 5.28 Å². The molecular formula is C8H8ClN5S. The van der Waals surface area contributed by atoms with Gasteiger partial charge in [-0.05, 0) is 18.5 Å². The number of hydrogen-bond donors (Lipinski definition) is 1. The van der Waals surface area contributed by atoms with Crippen LogP contribution in [0, 0.1) is 6.92 Å². The molecule has 1 N–H and O–H groups in total. The Morgan fingerprint density at radius 1 is 1.47 bits per heavy atom. The van der Waals surface area contributed by atoms with E-state index >= 15 is 0 Å². The largest absolute Gasteiger partial charge is 0.364 e. The van der Waals surface area contributed by atoms with E-state index in [0.717, 1.165) is 9.88 Å². The molecule has 2 aromatic rings. The van der Waals surface area contributed by atoms with E-state index in [0.29, 0.717) is 12.4 Å². The van der Waals surface area contributed by atoms with E-state index in [2.05, 4.69) is 25.5 Å². The highest BCUT2D eigenvalue weighted by molar-refractivity contribution is 7.11. The number of hydrogen-bond acceptors (Lipinski definition) is 6. The van der Waals surface area contributed by atoms with E-state index in [-0.39, 0.29) is 5.28 Å². The van der Waals surface area contributed by atoms with E-state index in [9.17, 15) is 0 Å². The first-order valence-electron chi connectivity index (χ1n) is 4.24. The summed E-state index contributed by atoms with van der Waals surface area (Å²) >= 11 is 7.24. The molecule has 0 fully saturated rings. The van der Waals surface area contributed by atoms with Crippen molar-refractivity contribution in [2.45, 2.75) is 13.5 Å². The number of halogens is 1. The highest BCUT2D eigenvalue weighted by atomic mass is 35.5. The molecule has 0 amide bonds. The second-order valence-electron chi connectivity index (χ2n) is 2.81. The first-order valence-corrected chi connectivity index (χ1v) is 5.44. The molecular weight excluding hydrogens is 234 g/mol. The molecule has 0 aliphatic heterocycles. The van der Waals surface area contributed by atoms with E-state index in [1.54, 1.807) is 11.3 Å². The summed E-state index contributed by atoms with van der Waals surface area (Å²) in [6, 6.07) is 0. The molecule has 2 rings (SSSR count). The lowest BCUT2D eigenvalue weighted by atomic mass is 10.5. The van der Waals surface area contributed by atoms with Crippen molar-refractivity contribution in [3.8, 4) is 0 Å². The van der Waals surface area contributed by atoms with Crippen LogP contribution in [0.4, 0.5) is 5.82 Å². The van der Waals surface area contributed by atoms with Crippen molar-refractivity contribution >= 4 is 28.8 Å². The fourth-order valence-corrected chi connectivity index (χ4v) is 1.90. The molecule has 2 heterocycles. The summed E-state index contributed by atoms with van der Waals surface area (Å²) in [7, 11) is 0. The Labute approximate surface area is 95.6 Å². The van der Waals surface area contributed by atoms with Crippen molar-refractivity contribution in [3.05, 3.63) is 27.6 Å². The van der Waals surface area contributed by atoms with Crippen LogP contribution < -0.4 is 5.32 Å². The quantitative estimate of drug-likeness (QED) is 0.889. The van der Waals surface area contributed by atoms with Gasteiger partial charge in [0.25, 0.3) is 0 Å². The van der Waals surface area contributed by atoms with Crippen LogP contribution in [0.15, 0.2) is 12.4 Å². The second-order valence-corrected chi connectivity index (χ2v) is 4.47. The van der Waals surface area contributed by atoms with Gasteiger partial charge >= 0.3 is 0 Å². The second kappa shape index (κ2) is 4.50. The van der Waals surface area contributed by atoms with Crippen LogP contribution in [0.2, 0.25) is 5.28 Å². The van der Waals surface area contributed by atoms with Crippen molar-refractivity contribution in [1.29, 1.82) is 0 Å². The number of rotatable bonds is 3. The monoisotopic (exact) mass is 241 g/mol. The van der Waals surface area contributed by atoms with Gasteiger partial charge in [0.05, 0.1) is 17.7 Å². The molecule has 0 aliphatic rings.